The Balaban J connectivity index is 1.76. The molecule has 0 atom stereocenters. The molecule has 1 heterocycles. The van der Waals surface area contributed by atoms with Gasteiger partial charge in [-0.3, -0.25) is 4.79 Å². The number of carbonyl (C=O) groups is 1. The summed E-state index contributed by atoms with van der Waals surface area (Å²) in [7, 11) is 0. The fourth-order valence-corrected chi connectivity index (χ4v) is 3.29. The van der Waals surface area contributed by atoms with Crippen molar-refractivity contribution < 1.29 is 4.79 Å². The highest BCUT2D eigenvalue weighted by Crippen LogP contribution is 2.29. The highest BCUT2D eigenvalue weighted by Gasteiger charge is 2.11. The minimum Gasteiger partial charge on any atom is -0.293 e. The first-order chi connectivity index (χ1) is 10.6. The summed E-state index contributed by atoms with van der Waals surface area (Å²) < 4.78 is 0. The molecule has 110 valence electrons. The summed E-state index contributed by atoms with van der Waals surface area (Å²) in [6.45, 7) is 4.13. The van der Waals surface area contributed by atoms with Gasteiger partial charge in [-0.25, -0.2) is 0 Å². The van der Waals surface area contributed by atoms with E-state index in [0.717, 1.165) is 15.3 Å². The van der Waals surface area contributed by atoms with Crippen molar-refractivity contribution in [2.45, 2.75) is 20.3 Å². The lowest BCUT2D eigenvalue weighted by Crippen LogP contribution is -2.00. The van der Waals surface area contributed by atoms with Crippen molar-refractivity contribution in [3.05, 3.63) is 82.2 Å². The molecule has 0 aliphatic heterocycles. The van der Waals surface area contributed by atoms with Crippen LogP contribution in [-0.4, -0.2) is 5.78 Å². The molecule has 0 spiro atoms. The minimum absolute atomic E-state index is 0.187. The quantitative estimate of drug-likeness (QED) is 0.585. The number of thiophene rings is 1. The standard InChI is InChI=1S/C20H18OS/c1-14-3-7-16(8-4-14)13-18(21)20-12-11-19(22-20)17-9-5-15(2)6-10-17/h3-12H,13H2,1-2H3. The van der Waals surface area contributed by atoms with Crippen molar-refractivity contribution >= 4 is 17.1 Å². The predicted octanol–water partition coefficient (Wildman–Crippen LogP) is 5.46. The summed E-state index contributed by atoms with van der Waals surface area (Å²) >= 11 is 1.57. The number of hydrogen-bond acceptors (Lipinski definition) is 2. The maximum Gasteiger partial charge on any atom is 0.177 e. The van der Waals surface area contributed by atoms with Gasteiger partial charge in [0.15, 0.2) is 5.78 Å². The predicted molar refractivity (Wildman–Crippen MR) is 93.7 cm³/mol. The second kappa shape index (κ2) is 6.29. The summed E-state index contributed by atoms with van der Waals surface area (Å²) in [4.78, 5) is 14.4. The maximum absolute atomic E-state index is 12.4. The number of rotatable bonds is 4. The van der Waals surface area contributed by atoms with E-state index in [2.05, 4.69) is 50.2 Å². The topological polar surface area (TPSA) is 17.1 Å². The van der Waals surface area contributed by atoms with Gasteiger partial charge in [0.2, 0.25) is 0 Å². The number of hydrogen-bond donors (Lipinski definition) is 0. The van der Waals surface area contributed by atoms with E-state index in [9.17, 15) is 4.79 Å². The van der Waals surface area contributed by atoms with Crippen molar-refractivity contribution in [1.82, 2.24) is 0 Å². The molecule has 0 unspecified atom stereocenters. The molecule has 0 fully saturated rings. The number of carbonyl (C=O) groups excluding carboxylic acids is 1. The van der Waals surface area contributed by atoms with E-state index >= 15 is 0 Å². The van der Waals surface area contributed by atoms with Crippen LogP contribution in [0.3, 0.4) is 0 Å². The summed E-state index contributed by atoms with van der Waals surface area (Å²) in [6.07, 6.45) is 0.466. The first-order valence-corrected chi connectivity index (χ1v) is 8.19. The van der Waals surface area contributed by atoms with Crippen LogP contribution < -0.4 is 0 Å². The molecule has 0 radical (unpaired) electrons. The van der Waals surface area contributed by atoms with Crippen LogP contribution in [0.25, 0.3) is 10.4 Å². The molecule has 0 aliphatic carbocycles. The molecular formula is C20H18OS. The first-order valence-electron chi connectivity index (χ1n) is 7.37. The Kier molecular flexibility index (Phi) is 4.21. The van der Waals surface area contributed by atoms with E-state index < -0.39 is 0 Å². The van der Waals surface area contributed by atoms with Crippen LogP contribution in [0.1, 0.15) is 26.4 Å². The van der Waals surface area contributed by atoms with Gasteiger partial charge in [0, 0.05) is 11.3 Å². The Morgan fingerprint density at radius 2 is 1.41 bits per heavy atom. The molecular weight excluding hydrogens is 288 g/mol. The van der Waals surface area contributed by atoms with Crippen molar-refractivity contribution in [2.75, 3.05) is 0 Å². The summed E-state index contributed by atoms with van der Waals surface area (Å²) in [6, 6.07) is 20.6. The molecule has 1 aromatic heterocycles. The fourth-order valence-electron chi connectivity index (χ4n) is 2.34. The van der Waals surface area contributed by atoms with Gasteiger partial charge in [-0.05, 0) is 37.1 Å². The van der Waals surface area contributed by atoms with E-state index in [-0.39, 0.29) is 5.78 Å². The van der Waals surface area contributed by atoms with E-state index in [4.69, 9.17) is 0 Å². The number of ketones is 1. The van der Waals surface area contributed by atoms with Crippen molar-refractivity contribution in [3.63, 3.8) is 0 Å². The van der Waals surface area contributed by atoms with Gasteiger partial charge in [0.1, 0.15) is 0 Å². The van der Waals surface area contributed by atoms with E-state index in [1.165, 1.54) is 16.7 Å². The van der Waals surface area contributed by atoms with Crippen LogP contribution in [0.2, 0.25) is 0 Å². The first kappa shape index (κ1) is 14.7. The molecule has 0 bridgehead atoms. The van der Waals surface area contributed by atoms with E-state index in [0.29, 0.717) is 6.42 Å². The number of Topliss-reactive ketones (excluding diaryl/α,β-unsaturated/α-hetero) is 1. The SMILES string of the molecule is Cc1ccc(CC(=O)c2ccc(-c3ccc(C)cc3)s2)cc1. The third-order valence-electron chi connectivity index (χ3n) is 3.70. The van der Waals surface area contributed by atoms with Gasteiger partial charge in [-0.2, -0.15) is 0 Å². The highest BCUT2D eigenvalue weighted by atomic mass is 32.1. The van der Waals surface area contributed by atoms with Gasteiger partial charge < -0.3 is 0 Å². The molecule has 0 N–H and O–H groups in total. The summed E-state index contributed by atoms with van der Waals surface area (Å²) in [5.41, 5.74) is 4.70. The minimum atomic E-state index is 0.187. The fraction of sp³-hybridized carbons (Fsp3) is 0.150. The van der Waals surface area contributed by atoms with Crippen LogP contribution in [0.15, 0.2) is 60.7 Å². The third-order valence-corrected chi connectivity index (χ3v) is 4.88. The average Bonchev–Trinajstić information content (AvgIpc) is 3.00. The van der Waals surface area contributed by atoms with Gasteiger partial charge in [0.25, 0.3) is 0 Å². The lowest BCUT2D eigenvalue weighted by molar-refractivity contribution is 0.0997. The van der Waals surface area contributed by atoms with Gasteiger partial charge in [-0.1, -0.05) is 59.7 Å². The van der Waals surface area contributed by atoms with Crippen LogP contribution >= 0.6 is 11.3 Å². The second-order valence-electron chi connectivity index (χ2n) is 5.62. The van der Waals surface area contributed by atoms with Gasteiger partial charge in [-0.15, -0.1) is 11.3 Å². The Morgan fingerprint density at radius 3 is 2.05 bits per heavy atom. The molecule has 3 rings (SSSR count). The zero-order valence-electron chi connectivity index (χ0n) is 12.8. The molecule has 1 nitrogen and oxygen atoms in total. The Hall–Kier alpha value is -2.19. The van der Waals surface area contributed by atoms with Crippen LogP contribution in [0.5, 0.6) is 0 Å². The van der Waals surface area contributed by atoms with Crippen molar-refractivity contribution in [1.29, 1.82) is 0 Å². The van der Waals surface area contributed by atoms with E-state index in [1.54, 1.807) is 11.3 Å². The maximum atomic E-state index is 12.4. The Labute approximate surface area is 135 Å². The molecule has 0 aliphatic rings. The van der Waals surface area contributed by atoms with Crippen LogP contribution in [0.4, 0.5) is 0 Å². The lowest BCUT2D eigenvalue weighted by atomic mass is 10.1. The number of benzene rings is 2. The highest BCUT2D eigenvalue weighted by molar-refractivity contribution is 7.17. The zero-order valence-corrected chi connectivity index (χ0v) is 13.6. The van der Waals surface area contributed by atoms with Crippen LogP contribution in [0, 0.1) is 13.8 Å². The lowest BCUT2D eigenvalue weighted by Gasteiger charge is -2.00. The van der Waals surface area contributed by atoms with Crippen molar-refractivity contribution in [2.24, 2.45) is 0 Å². The second-order valence-corrected chi connectivity index (χ2v) is 6.70. The molecule has 0 amide bonds. The molecule has 3 aromatic rings. The average molecular weight is 306 g/mol. The molecule has 0 saturated heterocycles. The van der Waals surface area contributed by atoms with Crippen LogP contribution in [-0.2, 0) is 6.42 Å². The van der Waals surface area contributed by atoms with Gasteiger partial charge >= 0.3 is 0 Å². The van der Waals surface area contributed by atoms with Gasteiger partial charge in [0.05, 0.1) is 4.88 Å². The molecule has 2 heteroatoms. The largest absolute Gasteiger partial charge is 0.293 e. The number of aryl methyl sites for hydroxylation is 2. The Morgan fingerprint density at radius 1 is 0.818 bits per heavy atom. The van der Waals surface area contributed by atoms with E-state index in [1.807, 2.05) is 24.3 Å². The Bertz CT molecular complexity index is 779. The third kappa shape index (κ3) is 3.34. The molecule has 22 heavy (non-hydrogen) atoms. The smallest absolute Gasteiger partial charge is 0.177 e. The monoisotopic (exact) mass is 306 g/mol. The molecule has 0 saturated carbocycles. The summed E-state index contributed by atoms with van der Waals surface area (Å²) in [5.74, 6) is 0.187. The zero-order chi connectivity index (χ0) is 15.5. The molecule has 2 aromatic carbocycles. The van der Waals surface area contributed by atoms with Crippen molar-refractivity contribution in [3.8, 4) is 10.4 Å². The normalized spacial score (nSPS) is 10.6. The summed E-state index contributed by atoms with van der Waals surface area (Å²) in [5, 5.41) is 0.